The van der Waals surface area contributed by atoms with E-state index in [0.29, 0.717) is 24.1 Å². The summed E-state index contributed by atoms with van der Waals surface area (Å²) in [5.74, 6) is -1.66. The van der Waals surface area contributed by atoms with Gasteiger partial charge < -0.3 is 14.0 Å². The Bertz CT molecular complexity index is 1070. The number of rotatable bonds is 8. The molecule has 0 aliphatic heterocycles. The summed E-state index contributed by atoms with van der Waals surface area (Å²) in [5, 5.41) is 0.506. The van der Waals surface area contributed by atoms with Crippen LogP contribution in [0.3, 0.4) is 0 Å². The quantitative estimate of drug-likeness (QED) is 0.356. The lowest BCUT2D eigenvalue weighted by Crippen LogP contribution is -2.60. The summed E-state index contributed by atoms with van der Waals surface area (Å²) in [6.45, 7) is 2.15. The molecule has 0 saturated heterocycles. The SMILES string of the molecule is CCc1c(C(=O)C([NH3+])=O)c2c(OCC(=O)OC)cccc2n1Cc1ccccc1. The molecule has 0 aliphatic carbocycles. The number of aromatic nitrogens is 1. The summed E-state index contributed by atoms with van der Waals surface area (Å²) in [7, 11) is 1.27. The highest BCUT2D eigenvalue weighted by Gasteiger charge is 2.29. The van der Waals surface area contributed by atoms with E-state index in [1.54, 1.807) is 12.1 Å². The lowest BCUT2D eigenvalue weighted by Gasteiger charge is -2.11. The minimum atomic E-state index is -0.791. The molecular formula is C22H23N2O5+. The summed E-state index contributed by atoms with van der Waals surface area (Å²) in [4.78, 5) is 36.2. The van der Waals surface area contributed by atoms with Crippen LogP contribution in [0.5, 0.6) is 5.75 Å². The fourth-order valence-electron chi connectivity index (χ4n) is 3.43. The predicted octanol–water partition coefficient (Wildman–Crippen LogP) is 1.75. The zero-order valence-corrected chi connectivity index (χ0v) is 16.4. The number of nitrogens with zero attached hydrogens (tertiary/aromatic N) is 1. The number of ketones is 1. The van der Waals surface area contributed by atoms with E-state index in [0.717, 1.165) is 16.8 Å². The van der Waals surface area contributed by atoms with Gasteiger partial charge in [0.25, 0.3) is 5.78 Å². The largest absolute Gasteiger partial charge is 0.481 e. The van der Waals surface area contributed by atoms with Crippen molar-refractivity contribution in [2.45, 2.75) is 19.9 Å². The van der Waals surface area contributed by atoms with Gasteiger partial charge in [-0.05, 0) is 24.1 Å². The van der Waals surface area contributed by atoms with Gasteiger partial charge in [-0.2, -0.15) is 0 Å². The number of carbonyl (C=O) groups excluding carboxylic acids is 3. The summed E-state index contributed by atoms with van der Waals surface area (Å²) in [6.07, 6.45) is 0.534. The van der Waals surface area contributed by atoms with Crippen molar-refractivity contribution in [3.8, 4) is 5.75 Å². The van der Waals surface area contributed by atoms with Crippen LogP contribution < -0.4 is 10.5 Å². The number of ether oxygens (including phenoxy) is 2. The summed E-state index contributed by atoms with van der Waals surface area (Å²) < 4.78 is 12.3. The highest BCUT2D eigenvalue weighted by atomic mass is 16.6. The topological polar surface area (TPSA) is 102 Å². The molecule has 1 aromatic heterocycles. The average molecular weight is 395 g/mol. The van der Waals surface area contributed by atoms with E-state index in [4.69, 9.17) is 4.74 Å². The summed E-state index contributed by atoms with van der Waals surface area (Å²) in [6, 6.07) is 15.2. The average Bonchev–Trinajstić information content (AvgIpc) is 3.05. The molecule has 3 rings (SSSR count). The highest BCUT2D eigenvalue weighted by molar-refractivity contribution is 6.42. The zero-order chi connectivity index (χ0) is 21.0. The van der Waals surface area contributed by atoms with Crippen molar-refractivity contribution in [1.82, 2.24) is 4.57 Å². The van der Waals surface area contributed by atoms with Crippen LogP contribution >= 0.6 is 0 Å². The second-order valence-corrected chi connectivity index (χ2v) is 6.51. The maximum absolute atomic E-state index is 12.8. The number of carbonyl (C=O) groups is 3. The standard InChI is InChI=1S/C22H22N2O5/c1-3-15-20(21(26)22(23)27)19-16(24(15)12-14-8-5-4-6-9-14)10-7-11-17(19)29-13-18(25)28-2/h4-11H,3,12-13H2,1-2H3,(H2,23,27)/p+1. The van der Waals surface area contributed by atoms with E-state index in [2.05, 4.69) is 10.5 Å². The van der Waals surface area contributed by atoms with E-state index in [1.165, 1.54) is 7.11 Å². The molecule has 0 fully saturated rings. The minimum Gasteiger partial charge on any atom is -0.481 e. The van der Waals surface area contributed by atoms with Crippen molar-refractivity contribution in [3.63, 3.8) is 0 Å². The van der Waals surface area contributed by atoms with Crippen LogP contribution in [0.2, 0.25) is 0 Å². The molecule has 0 bridgehead atoms. The van der Waals surface area contributed by atoms with E-state index < -0.39 is 17.7 Å². The lowest BCUT2D eigenvalue weighted by molar-refractivity contribution is -0.296. The first-order chi connectivity index (χ1) is 14.0. The second-order valence-electron chi connectivity index (χ2n) is 6.51. The van der Waals surface area contributed by atoms with Gasteiger partial charge in [-0.1, -0.05) is 43.3 Å². The van der Waals surface area contributed by atoms with E-state index >= 15 is 0 Å². The molecule has 0 aliphatic rings. The molecular weight excluding hydrogens is 372 g/mol. The summed E-state index contributed by atoms with van der Waals surface area (Å²) >= 11 is 0. The first-order valence-corrected chi connectivity index (χ1v) is 9.26. The predicted molar refractivity (Wildman–Crippen MR) is 107 cm³/mol. The van der Waals surface area contributed by atoms with Crippen molar-refractivity contribution < 1.29 is 29.6 Å². The Labute approximate surface area is 168 Å². The van der Waals surface area contributed by atoms with E-state index in [1.807, 2.05) is 47.9 Å². The van der Waals surface area contributed by atoms with Gasteiger partial charge in [-0.25, -0.2) is 9.59 Å². The number of esters is 1. The number of fused-ring (bicyclic) bond motifs is 1. The van der Waals surface area contributed by atoms with Crippen LogP contribution in [0.4, 0.5) is 0 Å². The summed E-state index contributed by atoms with van der Waals surface area (Å²) in [5.41, 5.74) is 6.10. The maximum atomic E-state index is 12.8. The third-order valence-electron chi connectivity index (χ3n) is 4.73. The third-order valence-corrected chi connectivity index (χ3v) is 4.73. The third kappa shape index (κ3) is 4.05. The highest BCUT2D eigenvalue weighted by Crippen LogP contribution is 2.35. The van der Waals surface area contributed by atoms with Gasteiger partial charge in [0, 0.05) is 12.2 Å². The minimum absolute atomic E-state index is 0.277. The Morgan fingerprint density at radius 3 is 2.38 bits per heavy atom. The molecule has 3 aromatic rings. The smallest absolute Gasteiger partial charge is 0.381 e. The molecule has 3 N–H and O–H groups in total. The van der Waals surface area contributed by atoms with Crippen LogP contribution in [0, 0.1) is 0 Å². The van der Waals surface area contributed by atoms with Gasteiger partial charge in [0.1, 0.15) is 5.75 Å². The van der Waals surface area contributed by atoms with Crippen LogP contribution in [0.15, 0.2) is 48.5 Å². The number of hydrogen-bond acceptors (Lipinski definition) is 5. The van der Waals surface area contributed by atoms with Crippen LogP contribution in [-0.4, -0.2) is 35.9 Å². The van der Waals surface area contributed by atoms with Gasteiger partial charge in [0.15, 0.2) is 6.61 Å². The molecule has 0 atom stereocenters. The van der Waals surface area contributed by atoms with Gasteiger partial charge in [0.2, 0.25) is 0 Å². The number of amides is 1. The van der Waals surface area contributed by atoms with Crippen molar-refractivity contribution in [1.29, 1.82) is 0 Å². The number of benzene rings is 2. The second kappa shape index (κ2) is 8.70. The Morgan fingerprint density at radius 1 is 1.03 bits per heavy atom. The van der Waals surface area contributed by atoms with Crippen molar-refractivity contribution >= 4 is 28.6 Å². The first-order valence-electron chi connectivity index (χ1n) is 9.26. The molecule has 2 aromatic carbocycles. The van der Waals surface area contributed by atoms with Crippen molar-refractivity contribution in [3.05, 3.63) is 65.4 Å². The molecule has 0 spiro atoms. The van der Waals surface area contributed by atoms with Crippen molar-refractivity contribution in [2.75, 3.05) is 13.7 Å². The normalized spacial score (nSPS) is 10.7. The maximum Gasteiger partial charge on any atom is 0.381 e. The van der Waals surface area contributed by atoms with Crippen LogP contribution in [-0.2, 0) is 27.3 Å². The number of hydrogen-bond donors (Lipinski definition) is 1. The first kappa shape index (κ1) is 20.3. The molecule has 1 amide bonds. The molecule has 150 valence electrons. The zero-order valence-electron chi connectivity index (χ0n) is 16.4. The monoisotopic (exact) mass is 395 g/mol. The van der Waals surface area contributed by atoms with Gasteiger partial charge in [0.05, 0.1) is 23.6 Å². The Balaban J connectivity index is 2.23. The molecule has 29 heavy (non-hydrogen) atoms. The van der Waals surface area contributed by atoms with Crippen LogP contribution in [0.1, 0.15) is 28.5 Å². The molecule has 7 heteroatoms. The van der Waals surface area contributed by atoms with Crippen LogP contribution in [0.25, 0.3) is 10.9 Å². The Kier molecular flexibility index (Phi) is 6.09. The molecule has 1 heterocycles. The Morgan fingerprint density at radius 2 is 1.76 bits per heavy atom. The van der Waals surface area contributed by atoms with Gasteiger partial charge in [-0.15, -0.1) is 0 Å². The molecule has 0 radical (unpaired) electrons. The molecule has 7 nitrogen and oxygen atoms in total. The number of Topliss-reactive ketones (excluding diaryl/α,β-unsaturated/α-hetero) is 1. The molecule has 0 saturated carbocycles. The lowest BCUT2D eigenvalue weighted by atomic mass is 10.0. The molecule has 0 unspecified atom stereocenters. The van der Waals surface area contributed by atoms with Crippen molar-refractivity contribution in [2.24, 2.45) is 0 Å². The number of quaternary nitrogens is 1. The van der Waals surface area contributed by atoms with Gasteiger partial charge in [-0.3, -0.25) is 10.5 Å². The number of methoxy groups -OCH3 is 1. The Hall–Kier alpha value is -3.45. The van der Waals surface area contributed by atoms with E-state index in [-0.39, 0.29) is 12.2 Å². The van der Waals surface area contributed by atoms with Gasteiger partial charge >= 0.3 is 11.9 Å². The fourth-order valence-corrected chi connectivity index (χ4v) is 3.43. The fraction of sp³-hybridized carbons (Fsp3) is 0.227. The van der Waals surface area contributed by atoms with E-state index in [9.17, 15) is 14.4 Å².